The first-order chi connectivity index (χ1) is 14.5. The van der Waals surface area contributed by atoms with Gasteiger partial charge in [0.2, 0.25) is 0 Å². The summed E-state index contributed by atoms with van der Waals surface area (Å²) in [6.45, 7) is 8.26. The Kier molecular flexibility index (Phi) is 6.32. The summed E-state index contributed by atoms with van der Waals surface area (Å²) in [6.07, 6.45) is 5.70. The molecule has 30 heavy (non-hydrogen) atoms. The van der Waals surface area contributed by atoms with E-state index in [0.29, 0.717) is 6.61 Å². The molecule has 0 radical (unpaired) electrons. The molecule has 0 bridgehead atoms. The fourth-order valence-electron chi connectivity index (χ4n) is 5.33. The number of carbonyl (C=O) groups excluding carboxylic acids is 2. The number of esters is 1. The Morgan fingerprint density at radius 1 is 1.10 bits per heavy atom. The fourth-order valence-corrected chi connectivity index (χ4v) is 5.33. The molecular formula is C24H35N3O3. The second-order valence-electron chi connectivity index (χ2n) is 9.24. The molecule has 3 fully saturated rings. The molecule has 2 aliphatic heterocycles. The van der Waals surface area contributed by atoms with Crippen LogP contribution < -0.4 is 10.2 Å². The van der Waals surface area contributed by atoms with E-state index in [2.05, 4.69) is 36.5 Å². The van der Waals surface area contributed by atoms with E-state index >= 15 is 0 Å². The quantitative estimate of drug-likeness (QED) is 0.748. The van der Waals surface area contributed by atoms with Gasteiger partial charge in [0.05, 0.1) is 12.5 Å². The number of carbonyl (C=O) groups is 2. The van der Waals surface area contributed by atoms with Gasteiger partial charge in [0, 0.05) is 24.8 Å². The van der Waals surface area contributed by atoms with Gasteiger partial charge in [0.15, 0.2) is 0 Å². The summed E-state index contributed by atoms with van der Waals surface area (Å²) in [6, 6.07) is 8.99. The van der Waals surface area contributed by atoms with Crippen molar-refractivity contribution in [3.05, 3.63) is 29.8 Å². The lowest BCUT2D eigenvalue weighted by Crippen LogP contribution is -2.42. The van der Waals surface area contributed by atoms with Crippen molar-refractivity contribution in [3.63, 3.8) is 0 Å². The van der Waals surface area contributed by atoms with Gasteiger partial charge in [0.1, 0.15) is 0 Å². The number of ether oxygens (including phenoxy) is 1. The average Bonchev–Trinajstić information content (AvgIpc) is 3.16. The van der Waals surface area contributed by atoms with Gasteiger partial charge in [0.25, 0.3) is 0 Å². The van der Waals surface area contributed by atoms with E-state index in [4.69, 9.17) is 4.74 Å². The maximum Gasteiger partial charge on any atom is 0.324 e. The summed E-state index contributed by atoms with van der Waals surface area (Å²) in [7, 11) is 0. The van der Waals surface area contributed by atoms with Crippen molar-refractivity contribution < 1.29 is 14.3 Å². The largest absolute Gasteiger partial charge is 0.466 e. The molecule has 164 valence electrons. The topological polar surface area (TPSA) is 61.9 Å². The fraction of sp³-hybridized carbons (Fsp3) is 0.667. The van der Waals surface area contributed by atoms with Gasteiger partial charge in [-0.25, -0.2) is 4.79 Å². The molecule has 4 rings (SSSR count). The molecule has 1 aromatic carbocycles. The van der Waals surface area contributed by atoms with Crippen LogP contribution in [0.2, 0.25) is 0 Å². The highest BCUT2D eigenvalue weighted by molar-refractivity contribution is 5.94. The molecule has 0 spiro atoms. The molecule has 0 atom stereocenters. The molecule has 6 heteroatoms. The van der Waals surface area contributed by atoms with Crippen LogP contribution in [0.25, 0.3) is 0 Å². The Morgan fingerprint density at radius 3 is 2.40 bits per heavy atom. The highest BCUT2D eigenvalue weighted by Gasteiger charge is 2.38. The maximum absolute atomic E-state index is 13.1. The zero-order valence-corrected chi connectivity index (χ0v) is 18.4. The first-order valence-corrected chi connectivity index (χ1v) is 11.6. The summed E-state index contributed by atoms with van der Waals surface area (Å²) in [5.41, 5.74) is 2.58. The molecular weight excluding hydrogens is 378 g/mol. The number of rotatable bonds is 5. The van der Waals surface area contributed by atoms with Crippen molar-refractivity contribution in [2.45, 2.75) is 63.8 Å². The molecule has 0 unspecified atom stereocenters. The molecule has 6 nitrogen and oxygen atoms in total. The first-order valence-electron chi connectivity index (χ1n) is 11.6. The van der Waals surface area contributed by atoms with Crippen LogP contribution in [-0.4, -0.2) is 55.7 Å². The lowest BCUT2D eigenvalue weighted by molar-refractivity contribution is -0.149. The van der Waals surface area contributed by atoms with Gasteiger partial charge in [-0.3, -0.25) is 9.69 Å². The number of nitrogens with zero attached hydrogens (tertiary/aromatic N) is 2. The molecule has 2 amide bonds. The van der Waals surface area contributed by atoms with E-state index in [0.717, 1.165) is 70.4 Å². The predicted octanol–water partition coefficient (Wildman–Crippen LogP) is 3.69. The van der Waals surface area contributed by atoms with Gasteiger partial charge < -0.3 is 15.0 Å². The van der Waals surface area contributed by atoms with Crippen LogP contribution in [0.5, 0.6) is 0 Å². The number of nitrogens with one attached hydrogen (secondary N) is 1. The highest BCUT2D eigenvalue weighted by atomic mass is 16.5. The Bertz CT molecular complexity index is 749. The molecule has 2 saturated heterocycles. The third-order valence-electron chi connectivity index (χ3n) is 7.38. The van der Waals surface area contributed by atoms with Gasteiger partial charge in [-0.05, 0) is 81.6 Å². The Balaban J connectivity index is 1.36. The van der Waals surface area contributed by atoms with E-state index in [1.54, 1.807) is 0 Å². The van der Waals surface area contributed by atoms with Gasteiger partial charge >= 0.3 is 12.0 Å². The van der Waals surface area contributed by atoms with Gasteiger partial charge in [-0.15, -0.1) is 0 Å². The zero-order valence-electron chi connectivity index (χ0n) is 18.4. The second kappa shape index (κ2) is 8.96. The predicted molar refractivity (Wildman–Crippen MR) is 118 cm³/mol. The average molecular weight is 414 g/mol. The minimum absolute atomic E-state index is 0.00101. The lowest BCUT2D eigenvalue weighted by atomic mass is 9.75. The van der Waals surface area contributed by atoms with Gasteiger partial charge in [-0.2, -0.15) is 0 Å². The van der Waals surface area contributed by atoms with Crippen molar-refractivity contribution in [3.8, 4) is 0 Å². The summed E-state index contributed by atoms with van der Waals surface area (Å²) >= 11 is 0. The number of hydrogen-bond acceptors (Lipinski definition) is 4. The smallest absolute Gasteiger partial charge is 0.324 e. The SMILES string of the molecule is CCOC(=O)C1CCC(N2CCN(c3ccc(C4(C)CCNCC4)cc3)C2=O)CC1. The lowest BCUT2D eigenvalue weighted by Gasteiger charge is -2.35. The standard InChI is InChI=1S/C24H35N3O3/c1-3-30-22(28)18-4-8-20(9-5-18)26-16-17-27(23(26)29)21-10-6-19(7-11-21)24(2)12-14-25-15-13-24/h6-7,10-11,18,20,25H,3-5,8-9,12-17H2,1-2H3. The summed E-state index contributed by atoms with van der Waals surface area (Å²) in [5.74, 6) is -0.0771. The van der Waals surface area contributed by atoms with E-state index < -0.39 is 0 Å². The van der Waals surface area contributed by atoms with Crippen LogP contribution in [0.1, 0.15) is 57.9 Å². The van der Waals surface area contributed by atoms with Crippen LogP contribution in [-0.2, 0) is 14.9 Å². The summed E-state index contributed by atoms with van der Waals surface area (Å²) in [5, 5.41) is 3.44. The van der Waals surface area contributed by atoms with Crippen molar-refractivity contribution >= 4 is 17.7 Å². The van der Waals surface area contributed by atoms with Crippen molar-refractivity contribution in [2.24, 2.45) is 5.92 Å². The first kappa shape index (κ1) is 21.2. The monoisotopic (exact) mass is 413 g/mol. The number of hydrogen-bond donors (Lipinski definition) is 1. The van der Waals surface area contributed by atoms with Gasteiger partial charge in [-0.1, -0.05) is 19.1 Å². The number of benzene rings is 1. The van der Waals surface area contributed by atoms with Crippen LogP contribution in [0.3, 0.4) is 0 Å². The molecule has 2 heterocycles. The van der Waals surface area contributed by atoms with E-state index in [9.17, 15) is 9.59 Å². The normalized spacial score (nSPS) is 26.7. The Labute approximate surface area is 179 Å². The second-order valence-corrected chi connectivity index (χ2v) is 9.24. The maximum atomic E-state index is 13.1. The number of piperidine rings is 1. The van der Waals surface area contributed by atoms with Crippen LogP contribution >= 0.6 is 0 Å². The molecule has 1 saturated carbocycles. The molecule has 1 N–H and O–H groups in total. The number of anilines is 1. The van der Waals surface area contributed by atoms with E-state index in [1.807, 2.05) is 16.7 Å². The van der Waals surface area contributed by atoms with E-state index in [1.165, 1.54) is 5.56 Å². The highest BCUT2D eigenvalue weighted by Crippen LogP contribution is 2.35. The molecule has 3 aliphatic rings. The van der Waals surface area contributed by atoms with Crippen molar-refractivity contribution in [2.75, 3.05) is 37.7 Å². The van der Waals surface area contributed by atoms with Crippen LogP contribution in [0.15, 0.2) is 24.3 Å². The van der Waals surface area contributed by atoms with Crippen molar-refractivity contribution in [1.82, 2.24) is 10.2 Å². The summed E-state index contributed by atoms with van der Waals surface area (Å²) in [4.78, 5) is 29.0. The minimum Gasteiger partial charge on any atom is -0.466 e. The third-order valence-corrected chi connectivity index (χ3v) is 7.38. The Morgan fingerprint density at radius 2 is 1.77 bits per heavy atom. The Hall–Kier alpha value is -2.08. The van der Waals surface area contributed by atoms with E-state index in [-0.39, 0.29) is 29.4 Å². The molecule has 0 aromatic heterocycles. The molecule has 1 aliphatic carbocycles. The number of urea groups is 1. The molecule has 1 aromatic rings. The summed E-state index contributed by atoms with van der Waals surface area (Å²) < 4.78 is 5.17. The zero-order chi connectivity index (χ0) is 21.1. The number of amides is 2. The third kappa shape index (κ3) is 4.20. The minimum atomic E-state index is -0.0761. The van der Waals surface area contributed by atoms with Crippen LogP contribution in [0.4, 0.5) is 10.5 Å². The van der Waals surface area contributed by atoms with Crippen molar-refractivity contribution in [1.29, 1.82) is 0 Å². The van der Waals surface area contributed by atoms with Crippen LogP contribution in [0, 0.1) is 5.92 Å².